The van der Waals surface area contributed by atoms with Crippen LogP contribution in [-0.2, 0) is 0 Å². The van der Waals surface area contributed by atoms with Crippen LogP contribution in [0.1, 0.15) is 30.6 Å². The predicted octanol–water partition coefficient (Wildman–Crippen LogP) is 2.21. The minimum absolute atomic E-state index is 0.358. The third-order valence-corrected chi connectivity index (χ3v) is 3.47. The summed E-state index contributed by atoms with van der Waals surface area (Å²) in [4.78, 5) is 13.3. The molecular weight excluding hydrogens is 240 g/mol. The second-order valence-electron chi connectivity index (χ2n) is 5.58. The molecule has 1 aromatic carbocycles. The Morgan fingerprint density at radius 3 is 3.00 bits per heavy atom. The average Bonchev–Trinajstić information content (AvgIpc) is 2.38. The van der Waals surface area contributed by atoms with Crippen LogP contribution in [0.15, 0.2) is 24.3 Å². The van der Waals surface area contributed by atoms with Gasteiger partial charge < -0.3 is 15.3 Å². The molecule has 4 nitrogen and oxygen atoms in total. The molecule has 0 bridgehead atoms. The number of carboxylic acid groups (broad SMARTS) is 1. The maximum Gasteiger partial charge on any atom is 0.335 e. The smallest absolute Gasteiger partial charge is 0.335 e. The summed E-state index contributed by atoms with van der Waals surface area (Å²) >= 11 is 0. The van der Waals surface area contributed by atoms with Gasteiger partial charge in [0.25, 0.3) is 0 Å². The van der Waals surface area contributed by atoms with Crippen molar-refractivity contribution in [3.63, 3.8) is 0 Å². The highest BCUT2D eigenvalue weighted by molar-refractivity contribution is 5.88. The predicted molar refractivity (Wildman–Crippen MR) is 76.9 cm³/mol. The van der Waals surface area contributed by atoms with E-state index in [1.54, 1.807) is 12.1 Å². The fourth-order valence-electron chi connectivity index (χ4n) is 2.62. The Balaban J connectivity index is 2.08. The SMILES string of the molecule is CC(C)C[C@@H]1CN(c2cccc(C(=O)O)c2)CCN1. The standard InChI is InChI=1S/C15H22N2O2/c1-11(2)8-13-10-17(7-6-16-13)14-5-3-4-12(9-14)15(18)19/h3-5,9,11,13,16H,6-8,10H2,1-2H3,(H,18,19)/t13-/m1/s1. The third kappa shape index (κ3) is 3.70. The number of hydrogen-bond acceptors (Lipinski definition) is 3. The van der Waals surface area contributed by atoms with Gasteiger partial charge in [0.05, 0.1) is 5.56 Å². The van der Waals surface area contributed by atoms with Crippen LogP contribution in [0.3, 0.4) is 0 Å². The van der Waals surface area contributed by atoms with E-state index in [4.69, 9.17) is 5.11 Å². The molecule has 0 spiro atoms. The topological polar surface area (TPSA) is 52.6 Å². The molecule has 0 aromatic heterocycles. The van der Waals surface area contributed by atoms with E-state index < -0.39 is 5.97 Å². The maximum absolute atomic E-state index is 11.0. The van der Waals surface area contributed by atoms with Crippen molar-refractivity contribution in [3.8, 4) is 0 Å². The first-order chi connectivity index (χ1) is 9.06. The second kappa shape index (κ2) is 6.06. The first-order valence-electron chi connectivity index (χ1n) is 6.88. The number of carbonyl (C=O) groups is 1. The van der Waals surface area contributed by atoms with Gasteiger partial charge in [0.15, 0.2) is 0 Å². The van der Waals surface area contributed by atoms with Gasteiger partial charge in [0.1, 0.15) is 0 Å². The molecule has 1 saturated heterocycles. The summed E-state index contributed by atoms with van der Waals surface area (Å²) in [7, 11) is 0. The van der Waals surface area contributed by atoms with Crippen molar-refractivity contribution >= 4 is 11.7 Å². The van der Waals surface area contributed by atoms with Crippen molar-refractivity contribution < 1.29 is 9.90 Å². The van der Waals surface area contributed by atoms with Gasteiger partial charge >= 0.3 is 5.97 Å². The number of aromatic carboxylic acids is 1. The molecule has 4 heteroatoms. The van der Waals surface area contributed by atoms with Gasteiger partial charge in [-0.15, -0.1) is 0 Å². The molecule has 104 valence electrons. The van der Waals surface area contributed by atoms with Gasteiger partial charge in [-0.2, -0.15) is 0 Å². The number of piperazine rings is 1. The van der Waals surface area contributed by atoms with Gasteiger partial charge in [0, 0.05) is 31.4 Å². The van der Waals surface area contributed by atoms with E-state index in [1.807, 2.05) is 12.1 Å². The lowest BCUT2D eigenvalue weighted by molar-refractivity contribution is 0.0697. The minimum atomic E-state index is -0.865. The van der Waals surface area contributed by atoms with Crippen LogP contribution in [0.4, 0.5) is 5.69 Å². The zero-order valence-electron chi connectivity index (χ0n) is 11.6. The Labute approximate surface area is 114 Å². The molecule has 2 rings (SSSR count). The van der Waals surface area contributed by atoms with Crippen molar-refractivity contribution in [3.05, 3.63) is 29.8 Å². The van der Waals surface area contributed by atoms with E-state index in [-0.39, 0.29) is 0 Å². The molecule has 1 heterocycles. The first kappa shape index (κ1) is 13.9. The van der Waals surface area contributed by atoms with Crippen molar-refractivity contribution in [2.45, 2.75) is 26.3 Å². The van der Waals surface area contributed by atoms with Crippen LogP contribution < -0.4 is 10.2 Å². The van der Waals surface area contributed by atoms with E-state index in [1.165, 1.54) is 0 Å². The molecule has 0 amide bonds. The second-order valence-corrected chi connectivity index (χ2v) is 5.58. The van der Waals surface area contributed by atoms with Gasteiger partial charge in [-0.05, 0) is 30.5 Å². The van der Waals surface area contributed by atoms with E-state index in [0.29, 0.717) is 17.5 Å². The summed E-state index contributed by atoms with van der Waals surface area (Å²) < 4.78 is 0. The molecule has 0 saturated carbocycles. The van der Waals surface area contributed by atoms with Crippen LogP contribution in [0.5, 0.6) is 0 Å². The third-order valence-electron chi connectivity index (χ3n) is 3.47. The van der Waals surface area contributed by atoms with Gasteiger partial charge in [-0.1, -0.05) is 19.9 Å². The molecule has 0 radical (unpaired) electrons. The zero-order chi connectivity index (χ0) is 13.8. The molecule has 2 N–H and O–H groups in total. The van der Waals surface area contributed by atoms with Crippen molar-refractivity contribution in [2.24, 2.45) is 5.92 Å². The Kier molecular flexibility index (Phi) is 4.43. The molecular formula is C15H22N2O2. The number of nitrogens with one attached hydrogen (secondary N) is 1. The van der Waals surface area contributed by atoms with E-state index in [0.717, 1.165) is 31.7 Å². The van der Waals surface area contributed by atoms with E-state index in [2.05, 4.69) is 24.1 Å². The van der Waals surface area contributed by atoms with Gasteiger partial charge in [-0.3, -0.25) is 0 Å². The maximum atomic E-state index is 11.0. The number of rotatable bonds is 4. The summed E-state index contributed by atoms with van der Waals surface area (Å²) in [5.41, 5.74) is 1.37. The van der Waals surface area contributed by atoms with E-state index in [9.17, 15) is 4.79 Å². The van der Waals surface area contributed by atoms with Crippen LogP contribution in [0.25, 0.3) is 0 Å². The summed E-state index contributed by atoms with van der Waals surface area (Å²) in [6.07, 6.45) is 1.15. The molecule has 1 fully saturated rings. The minimum Gasteiger partial charge on any atom is -0.478 e. The zero-order valence-corrected chi connectivity index (χ0v) is 11.6. The van der Waals surface area contributed by atoms with Crippen molar-refractivity contribution in [1.29, 1.82) is 0 Å². The fourth-order valence-corrected chi connectivity index (χ4v) is 2.62. The Bertz CT molecular complexity index is 446. The lowest BCUT2D eigenvalue weighted by atomic mass is 10.0. The molecule has 1 aliphatic heterocycles. The highest BCUT2D eigenvalue weighted by atomic mass is 16.4. The fraction of sp³-hybridized carbons (Fsp3) is 0.533. The molecule has 0 unspecified atom stereocenters. The first-order valence-corrected chi connectivity index (χ1v) is 6.88. The summed E-state index contributed by atoms with van der Waals surface area (Å²) in [6.45, 7) is 7.28. The lowest BCUT2D eigenvalue weighted by Gasteiger charge is -2.36. The van der Waals surface area contributed by atoms with Crippen molar-refractivity contribution in [2.75, 3.05) is 24.5 Å². The monoisotopic (exact) mass is 262 g/mol. The molecule has 1 aromatic rings. The van der Waals surface area contributed by atoms with Crippen LogP contribution in [0, 0.1) is 5.92 Å². The number of hydrogen-bond donors (Lipinski definition) is 2. The summed E-state index contributed by atoms with van der Waals surface area (Å²) in [5.74, 6) is -0.196. The molecule has 19 heavy (non-hydrogen) atoms. The van der Waals surface area contributed by atoms with Crippen LogP contribution in [-0.4, -0.2) is 36.8 Å². The lowest BCUT2D eigenvalue weighted by Crippen LogP contribution is -2.51. The molecule has 1 atom stereocenters. The quantitative estimate of drug-likeness (QED) is 0.873. The summed E-state index contributed by atoms with van der Waals surface area (Å²) in [6, 6.07) is 7.70. The number of nitrogens with zero attached hydrogens (tertiary/aromatic N) is 1. The number of carboxylic acids is 1. The van der Waals surface area contributed by atoms with E-state index >= 15 is 0 Å². The number of benzene rings is 1. The Hall–Kier alpha value is -1.55. The normalized spacial score (nSPS) is 19.7. The highest BCUT2D eigenvalue weighted by Gasteiger charge is 2.20. The molecule has 0 aliphatic carbocycles. The van der Waals surface area contributed by atoms with Crippen LogP contribution in [0.2, 0.25) is 0 Å². The van der Waals surface area contributed by atoms with Crippen LogP contribution >= 0.6 is 0 Å². The summed E-state index contributed by atoms with van der Waals surface area (Å²) in [5, 5.41) is 12.6. The van der Waals surface area contributed by atoms with Crippen molar-refractivity contribution in [1.82, 2.24) is 5.32 Å². The highest BCUT2D eigenvalue weighted by Crippen LogP contribution is 2.19. The Morgan fingerprint density at radius 1 is 1.53 bits per heavy atom. The average molecular weight is 262 g/mol. The Morgan fingerprint density at radius 2 is 2.32 bits per heavy atom. The largest absolute Gasteiger partial charge is 0.478 e. The molecule has 1 aliphatic rings. The van der Waals surface area contributed by atoms with Gasteiger partial charge in [-0.25, -0.2) is 4.79 Å². The number of anilines is 1. The van der Waals surface area contributed by atoms with Gasteiger partial charge in [0.2, 0.25) is 0 Å².